The molecule has 3 rings (SSSR count). The first-order valence-electron chi connectivity index (χ1n) is 7.05. The van der Waals surface area contributed by atoms with E-state index in [1.807, 2.05) is 110 Å². The molecule has 0 spiro atoms. The molecule has 0 unspecified atom stereocenters. The Balaban J connectivity index is 0. The molecule has 0 heterocycles. The second-order valence-electron chi connectivity index (χ2n) is 3.74. The van der Waals surface area contributed by atoms with Crippen LogP contribution in [0.1, 0.15) is 13.8 Å². The summed E-state index contributed by atoms with van der Waals surface area (Å²) < 4.78 is 0. The fraction of sp³-hybridized carbons (Fsp3) is 0.211. The van der Waals surface area contributed by atoms with Crippen molar-refractivity contribution in [3.05, 3.63) is 102 Å². The van der Waals surface area contributed by atoms with E-state index in [1.54, 1.807) is 0 Å². The maximum absolute atomic E-state index is 3.97. The smallest absolute Gasteiger partial charge is 0 e. The molecule has 111 valence electrons. The van der Waals surface area contributed by atoms with Gasteiger partial charge in [0.1, 0.15) is 0 Å². The van der Waals surface area contributed by atoms with E-state index in [-0.39, 0.29) is 31.1 Å². The molecule has 1 nitrogen and oxygen atoms in total. The van der Waals surface area contributed by atoms with Crippen molar-refractivity contribution in [2.75, 3.05) is 13.1 Å². The first-order valence-corrected chi connectivity index (χ1v) is 7.05. The third kappa shape index (κ3) is 23.4. The predicted octanol–water partition coefficient (Wildman–Crippen LogP) is 4.46. The minimum Gasteiger partial charge on any atom is -0.663 e. The maximum atomic E-state index is 3.97. The molecule has 15 radical (unpaired) electrons. The number of nitrogens with zero attached hydrogens (tertiary/aromatic N) is 1. The molecule has 0 N–H and O–H groups in total. The van der Waals surface area contributed by atoms with E-state index < -0.39 is 0 Å². The molecule has 3 aliphatic rings. The molecule has 3 saturated carbocycles. The summed E-state index contributed by atoms with van der Waals surface area (Å²) >= 11 is 0. The SMILES string of the molecule is CC[N-]CC.[CH]1[CH][CH][CH][CH]1.[CH]1[CH][CH][CH][CH]1.[CH]1[CH][CH][CH][CH]1.[U]. The van der Waals surface area contributed by atoms with Gasteiger partial charge in [-0.05, 0) is 96.3 Å². The van der Waals surface area contributed by atoms with Crippen molar-refractivity contribution < 1.29 is 31.1 Å². The molecule has 0 saturated heterocycles. The topological polar surface area (TPSA) is 14.1 Å². The Morgan fingerprint density at radius 1 is 0.429 bits per heavy atom. The number of hydrogen-bond donors (Lipinski definition) is 0. The Hall–Kier alpha value is 1.01. The van der Waals surface area contributed by atoms with Crippen molar-refractivity contribution in [2.24, 2.45) is 0 Å². The van der Waals surface area contributed by atoms with Gasteiger partial charge in [0.25, 0.3) is 0 Å². The van der Waals surface area contributed by atoms with Crippen LogP contribution >= 0.6 is 0 Å². The number of hydrogen-bond acceptors (Lipinski definition) is 0. The van der Waals surface area contributed by atoms with Crippen molar-refractivity contribution in [3.63, 3.8) is 0 Å². The molecule has 0 amide bonds. The van der Waals surface area contributed by atoms with E-state index in [2.05, 4.69) is 5.32 Å². The Kier molecular flexibility index (Phi) is 26.9. The summed E-state index contributed by atoms with van der Waals surface area (Å²) in [5, 5.41) is 3.97. The zero-order valence-electron chi connectivity index (χ0n) is 13.0. The van der Waals surface area contributed by atoms with E-state index in [9.17, 15) is 0 Å². The molecule has 3 fully saturated rings. The first-order chi connectivity index (χ1) is 9.91. The van der Waals surface area contributed by atoms with Crippen LogP contribution in [0.2, 0.25) is 0 Å². The van der Waals surface area contributed by atoms with Gasteiger partial charge in [0.2, 0.25) is 0 Å². The van der Waals surface area contributed by atoms with Gasteiger partial charge in [0, 0.05) is 31.1 Å². The average Bonchev–Trinajstić information content (AvgIpc) is 3.27. The third-order valence-corrected chi connectivity index (χ3v) is 2.11. The van der Waals surface area contributed by atoms with Crippen LogP contribution in [0.5, 0.6) is 0 Å². The van der Waals surface area contributed by atoms with E-state index >= 15 is 0 Å². The molecule has 0 aromatic rings. The molecular formula is C19H25NU-. The van der Waals surface area contributed by atoms with Gasteiger partial charge in [-0.2, -0.15) is 13.1 Å². The molecule has 0 bridgehead atoms. The largest absolute Gasteiger partial charge is 0.663 e. The monoisotopic (exact) mass is 505 g/mol. The van der Waals surface area contributed by atoms with E-state index in [1.165, 1.54) is 0 Å². The molecule has 0 aliphatic heterocycles. The summed E-state index contributed by atoms with van der Waals surface area (Å²) in [6, 6.07) is 0. The molecule has 3 aliphatic carbocycles. The second kappa shape index (κ2) is 23.3. The van der Waals surface area contributed by atoms with Gasteiger partial charge in [-0.25, -0.2) is 0 Å². The zero-order valence-corrected chi connectivity index (χ0v) is 17.2. The molecule has 0 aromatic heterocycles. The van der Waals surface area contributed by atoms with Crippen LogP contribution in [0.25, 0.3) is 5.32 Å². The van der Waals surface area contributed by atoms with Gasteiger partial charge in [0.05, 0.1) is 0 Å². The summed E-state index contributed by atoms with van der Waals surface area (Å²) in [5.41, 5.74) is 0. The van der Waals surface area contributed by atoms with Crippen LogP contribution in [-0.4, -0.2) is 13.1 Å². The minimum atomic E-state index is 0. The van der Waals surface area contributed by atoms with Crippen molar-refractivity contribution in [1.82, 2.24) is 0 Å². The summed E-state index contributed by atoms with van der Waals surface area (Å²) in [7, 11) is 0. The van der Waals surface area contributed by atoms with E-state index in [0.29, 0.717) is 0 Å². The van der Waals surface area contributed by atoms with Crippen molar-refractivity contribution in [2.45, 2.75) is 13.8 Å². The maximum Gasteiger partial charge on any atom is 0 e. The van der Waals surface area contributed by atoms with E-state index in [4.69, 9.17) is 0 Å². The van der Waals surface area contributed by atoms with Crippen LogP contribution in [0.4, 0.5) is 0 Å². The third-order valence-electron chi connectivity index (χ3n) is 2.11. The van der Waals surface area contributed by atoms with Crippen LogP contribution in [-0.2, 0) is 0 Å². The minimum absolute atomic E-state index is 0. The van der Waals surface area contributed by atoms with Crippen LogP contribution in [0, 0.1) is 127 Å². The fourth-order valence-corrected chi connectivity index (χ4v) is 1.19. The Morgan fingerprint density at radius 2 is 0.571 bits per heavy atom. The van der Waals surface area contributed by atoms with Crippen LogP contribution in [0.15, 0.2) is 0 Å². The molecule has 21 heavy (non-hydrogen) atoms. The standard InChI is InChI=1S/3C5H5.C4H10N.U/c3*1-2-4-5-3-1;1-3-5-4-2;/h3*1-5H;3-4H2,1-2H3;/q;;;-1;. The Labute approximate surface area is 159 Å². The van der Waals surface area contributed by atoms with Gasteiger partial charge in [0.15, 0.2) is 0 Å². The normalized spacial score (nSPS) is 19.1. The van der Waals surface area contributed by atoms with Crippen LogP contribution < -0.4 is 0 Å². The summed E-state index contributed by atoms with van der Waals surface area (Å²) in [5.74, 6) is 0. The van der Waals surface area contributed by atoms with Crippen molar-refractivity contribution in [1.29, 1.82) is 0 Å². The zero-order chi connectivity index (χ0) is 14.7. The summed E-state index contributed by atoms with van der Waals surface area (Å²) in [6.07, 6.45) is 30.0. The predicted molar refractivity (Wildman–Crippen MR) is 88.9 cm³/mol. The summed E-state index contributed by atoms with van der Waals surface area (Å²) in [4.78, 5) is 0. The van der Waals surface area contributed by atoms with E-state index in [0.717, 1.165) is 13.1 Å². The first kappa shape index (κ1) is 24.3. The van der Waals surface area contributed by atoms with Crippen molar-refractivity contribution >= 4 is 0 Å². The Morgan fingerprint density at radius 3 is 0.619 bits per heavy atom. The van der Waals surface area contributed by atoms with Crippen LogP contribution in [0.3, 0.4) is 0 Å². The van der Waals surface area contributed by atoms with Gasteiger partial charge in [-0.1, -0.05) is 13.8 Å². The molecule has 2 heteroatoms. The average molecular weight is 505 g/mol. The van der Waals surface area contributed by atoms with Crippen molar-refractivity contribution in [3.8, 4) is 0 Å². The van der Waals surface area contributed by atoms with Gasteiger partial charge < -0.3 is 5.32 Å². The quantitative estimate of drug-likeness (QED) is 0.526. The summed E-state index contributed by atoms with van der Waals surface area (Å²) in [6.45, 7) is 6.03. The fourth-order valence-electron chi connectivity index (χ4n) is 1.19. The molecule has 0 atom stereocenters. The second-order valence-corrected chi connectivity index (χ2v) is 3.74. The van der Waals surface area contributed by atoms with Gasteiger partial charge in [-0.15, -0.1) is 0 Å². The molecule has 0 aromatic carbocycles. The molecular weight excluding hydrogens is 480 g/mol. The Bertz CT molecular complexity index is 101. The van der Waals surface area contributed by atoms with Gasteiger partial charge in [-0.3, -0.25) is 0 Å². The van der Waals surface area contributed by atoms with Gasteiger partial charge >= 0.3 is 0 Å². The number of rotatable bonds is 2.